The molecular weight excluding hydrogens is 324 g/mol. The number of amides is 1. The highest BCUT2D eigenvalue weighted by Gasteiger charge is 2.33. The molecular formula is C22H20N2O2. The molecule has 1 atom stereocenters. The molecule has 0 unspecified atom stereocenters. The Kier molecular flexibility index (Phi) is 4.65. The Labute approximate surface area is 152 Å². The van der Waals surface area contributed by atoms with Gasteiger partial charge < -0.3 is 4.42 Å². The van der Waals surface area contributed by atoms with Gasteiger partial charge in [0.05, 0.1) is 12.3 Å². The van der Waals surface area contributed by atoms with E-state index in [4.69, 9.17) is 4.42 Å². The number of hydrogen-bond donors (Lipinski definition) is 0. The van der Waals surface area contributed by atoms with Gasteiger partial charge in [0.2, 0.25) is 5.91 Å². The third kappa shape index (κ3) is 3.45. The smallest absolute Gasteiger partial charge is 0.243 e. The Morgan fingerprint density at radius 2 is 1.73 bits per heavy atom. The highest BCUT2D eigenvalue weighted by Crippen LogP contribution is 2.33. The predicted octanol–water partition coefficient (Wildman–Crippen LogP) is 4.59. The molecule has 0 bridgehead atoms. The molecule has 0 saturated heterocycles. The Bertz CT molecular complexity index is 886. The molecule has 1 aromatic heterocycles. The van der Waals surface area contributed by atoms with Crippen LogP contribution in [0.15, 0.2) is 88.6 Å². The lowest BCUT2D eigenvalue weighted by Crippen LogP contribution is -2.27. The molecule has 3 aromatic rings. The summed E-state index contributed by atoms with van der Waals surface area (Å²) in [5, 5.41) is 6.24. The third-order valence-electron chi connectivity index (χ3n) is 4.63. The van der Waals surface area contributed by atoms with Crippen molar-refractivity contribution in [3.05, 3.63) is 95.9 Å². The number of rotatable bonds is 5. The van der Waals surface area contributed by atoms with E-state index in [1.54, 1.807) is 11.3 Å². The summed E-state index contributed by atoms with van der Waals surface area (Å²) in [6.07, 6.45) is 3.44. The van der Waals surface area contributed by atoms with E-state index < -0.39 is 0 Å². The van der Waals surface area contributed by atoms with E-state index in [0.29, 0.717) is 19.3 Å². The highest BCUT2D eigenvalue weighted by molar-refractivity contribution is 6.01. The standard InChI is InChI=1S/C22H20N2O2/c25-22(14-13-17-8-3-1-4-9-17)24-20(18-10-5-2-6-11-18)16-19(23-24)21-12-7-15-26-21/h1-12,15,20H,13-14,16H2/t20-/m1/s1. The minimum absolute atomic E-state index is 0.0317. The van der Waals surface area contributed by atoms with Gasteiger partial charge in [-0.2, -0.15) is 5.10 Å². The quantitative estimate of drug-likeness (QED) is 0.679. The van der Waals surface area contributed by atoms with Gasteiger partial charge in [-0.3, -0.25) is 4.79 Å². The zero-order valence-electron chi connectivity index (χ0n) is 14.4. The van der Waals surface area contributed by atoms with Crippen molar-refractivity contribution in [2.24, 2.45) is 5.10 Å². The Morgan fingerprint density at radius 3 is 2.42 bits per heavy atom. The van der Waals surface area contributed by atoms with E-state index in [1.165, 1.54) is 0 Å². The fourth-order valence-electron chi connectivity index (χ4n) is 3.28. The lowest BCUT2D eigenvalue weighted by atomic mass is 10.0. The van der Waals surface area contributed by atoms with Crippen molar-refractivity contribution in [2.45, 2.75) is 25.3 Å². The topological polar surface area (TPSA) is 45.8 Å². The molecule has 4 nitrogen and oxygen atoms in total. The van der Waals surface area contributed by atoms with Crippen LogP contribution in [-0.2, 0) is 11.2 Å². The number of benzene rings is 2. The number of aryl methyl sites for hydroxylation is 1. The van der Waals surface area contributed by atoms with Crippen molar-refractivity contribution in [3.63, 3.8) is 0 Å². The minimum Gasteiger partial charge on any atom is -0.463 e. The first-order valence-corrected chi connectivity index (χ1v) is 8.83. The molecule has 130 valence electrons. The average Bonchev–Trinajstić information content (AvgIpc) is 3.37. The molecule has 0 saturated carbocycles. The van der Waals surface area contributed by atoms with Gasteiger partial charge in [0, 0.05) is 12.8 Å². The van der Waals surface area contributed by atoms with Gasteiger partial charge in [0.15, 0.2) is 0 Å². The molecule has 4 heteroatoms. The van der Waals surface area contributed by atoms with E-state index in [9.17, 15) is 4.79 Å². The van der Waals surface area contributed by atoms with Gasteiger partial charge in [-0.05, 0) is 29.7 Å². The van der Waals surface area contributed by atoms with E-state index in [2.05, 4.69) is 5.10 Å². The van der Waals surface area contributed by atoms with E-state index in [1.807, 2.05) is 72.8 Å². The zero-order chi connectivity index (χ0) is 17.8. The molecule has 4 rings (SSSR count). The maximum atomic E-state index is 12.9. The van der Waals surface area contributed by atoms with Crippen LogP contribution in [-0.4, -0.2) is 16.6 Å². The van der Waals surface area contributed by atoms with Crippen molar-refractivity contribution in [2.75, 3.05) is 0 Å². The van der Waals surface area contributed by atoms with Gasteiger partial charge in [0.1, 0.15) is 11.5 Å². The second-order valence-electron chi connectivity index (χ2n) is 6.38. The summed E-state index contributed by atoms with van der Waals surface area (Å²) in [5.41, 5.74) is 3.06. The van der Waals surface area contributed by atoms with Crippen molar-refractivity contribution in [1.29, 1.82) is 0 Å². The molecule has 0 aliphatic carbocycles. The van der Waals surface area contributed by atoms with Crippen molar-refractivity contribution in [3.8, 4) is 0 Å². The van der Waals surface area contributed by atoms with Crippen LogP contribution in [0.4, 0.5) is 0 Å². The summed E-state index contributed by atoms with van der Waals surface area (Å²) in [4.78, 5) is 12.9. The monoisotopic (exact) mass is 344 g/mol. The van der Waals surface area contributed by atoms with Gasteiger partial charge in [-0.15, -0.1) is 0 Å². The highest BCUT2D eigenvalue weighted by atomic mass is 16.3. The number of carbonyl (C=O) groups excluding carboxylic acids is 1. The molecule has 0 radical (unpaired) electrons. The van der Waals surface area contributed by atoms with Crippen molar-refractivity contribution >= 4 is 11.6 Å². The van der Waals surface area contributed by atoms with Crippen LogP contribution in [0.25, 0.3) is 0 Å². The van der Waals surface area contributed by atoms with Gasteiger partial charge in [-0.1, -0.05) is 60.7 Å². The van der Waals surface area contributed by atoms with E-state index >= 15 is 0 Å². The van der Waals surface area contributed by atoms with Crippen LogP contribution in [0.5, 0.6) is 0 Å². The molecule has 1 aliphatic heterocycles. The molecule has 26 heavy (non-hydrogen) atoms. The lowest BCUT2D eigenvalue weighted by Gasteiger charge is -2.22. The number of carbonyl (C=O) groups is 1. The number of furan rings is 1. The summed E-state index contributed by atoms with van der Waals surface area (Å²) in [6, 6.07) is 23.8. The van der Waals surface area contributed by atoms with Gasteiger partial charge in [-0.25, -0.2) is 5.01 Å². The summed E-state index contributed by atoms with van der Waals surface area (Å²) in [5.74, 6) is 0.758. The van der Waals surface area contributed by atoms with Crippen LogP contribution in [0.1, 0.15) is 35.8 Å². The van der Waals surface area contributed by atoms with E-state index in [-0.39, 0.29) is 11.9 Å². The largest absolute Gasteiger partial charge is 0.463 e. The summed E-state index contributed by atoms with van der Waals surface area (Å²) >= 11 is 0. The number of hydrazone groups is 1. The second-order valence-corrected chi connectivity index (χ2v) is 6.38. The third-order valence-corrected chi connectivity index (χ3v) is 4.63. The number of nitrogens with zero attached hydrogens (tertiary/aromatic N) is 2. The summed E-state index contributed by atoms with van der Waals surface area (Å²) in [7, 11) is 0. The Balaban J connectivity index is 1.55. The SMILES string of the molecule is O=C(CCc1ccccc1)N1N=C(c2ccco2)C[C@@H]1c1ccccc1. The number of hydrogen-bond acceptors (Lipinski definition) is 3. The van der Waals surface area contributed by atoms with Gasteiger partial charge >= 0.3 is 0 Å². The Morgan fingerprint density at radius 1 is 1.00 bits per heavy atom. The fraction of sp³-hybridized carbons (Fsp3) is 0.182. The molecule has 1 aliphatic rings. The first kappa shape index (κ1) is 16.3. The fourth-order valence-corrected chi connectivity index (χ4v) is 3.28. The lowest BCUT2D eigenvalue weighted by molar-refractivity contribution is -0.133. The first-order valence-electron chi connectivity index (χ1n) is 8.83. The molecule has 0 N–H and O–H groups in total. The maximum Gasteiger partial charge on any atom is 0.243 e. The van der Waals surface area contributed by atoms with Crippen LogP contribution in [0, 0.1) is 0 Å². The van der Waals surface area contributed by atoms with Crippen LogP contribution < -0.4 is 0 Å². The van der Waals surface area contributed by atoms with Crippen molar-refractivity contribution in [1.82, 2.24) is 5.01 Å². The second kappa shape index (κ2) is 7.40. The van der Waals surface area contributed by atoms with Crippen LogP contribution >= 0.6 is 0 Å². The van der Waals surface area contributed by atoms with E-state index in [0.717, 1.165) is 22.6 Å². The first-order chi connectivity index (χ1) is 12.8. The maximum absolute atomic E-state index is 12.9. The molecule has 0 fully saturated rings. The summed E-state index contributed by atoms with van der Waals surface area (Å²) in [6.45, 7) is 0. The normalized spacial score (nSPS) is 16.5. The molecule has 2 heterocycles. The zero-order valence-corrected chi connectivity index (χ0v) is 14.4. The minimum atomic E-state index is -0.0837. The summed E-state index contributed by atoms with van der Waals surface area (Å²) < 4.78 is 5.49. The average molecular weight is 344 g/mol. The van der Waals surface area contributed by atoms with Crippen LogP contribution in [0.2, 0.25) is 0 Å². The molecule has 0 spiro atoms. The van der Waals surface area contributed by atoms with Gasteiger partial charge in [0.25, 0.3) is 0 Å². The molecule has 2 aromatic carbocycles. The Hall–Kier alpha value is -3.14. The predicted molar refractivity (Wildman–Crippen MR) is 101 cm³/mol. The molecule has 1 amide bonds. The van der Waals surface area contributed by atoms with Crippen molar-refractivity contribution < 1.29 is 9.21 Å². The van der Waals surface area contributed by atoms with Crippen LogP contribution in [0.3, 0.4) is 0 Å².